The van der Waals surface area contributed by atoms with Crippen LogP contribution in [0, 0.1) is 0 Å². The molecule has 2 N–H and O–H groups in total. The quantitative estimate of drug-likeness (QED) is 0.792. The standard InChI is InChI=1S/C16H24N2OS/c1-2-20-10-9-18-16(19)14-6-3-5-13(11-14)15-7-4-8-17-12-15/h3,5-6,11,15,17H,2,4,7-10,12H2,1H3,(H,18,19)/t15-/m0/s1. The van der Waals surface area contributed by atoms with Gasteiger partial charge >= 0.3 is 0 Å². The van der Waals surface area contributed by atoms with Crippen molar-refractivity contribution >= 4 is 17.7 Å². The van der Waals surface area contributed by atoms with Crippen LogP contribution in [0.25, 0.3) is 0 Å². The zero-order valence-electron chi connectivity index (χ0n) is 12.2. The third kappa shape index (κ3) is 4.53. The smallest absolute Gasteiger partial charge is 0.251 e. The summed E-state index contributed by atoms with van der Waals surface area (Å²) in [7, 11) is 0. The zero-order valence-corrected chi connectivity index (χ0v) is 13.0. The molecule has 1 atom stereocenters. The van der Waals surface area contributed by atoms with Crippen LogP contribution >= 0.6 is 11.8 Å². The first-order valence-electron chi connectivity index (χ1n) is 7.48. The van der Waals surface area contributed by atoms with E-state index < -0.39 is 0 Å². The second kappa shape index (κ2) is 8.32. The molecule has 0 radical (unpaired) electrons. The molecule has 1 saturated heterocycles. The second-order valence-electron chi connectivity index (χ2n) is 5.12. The van der Waals surface area contributed by atoms with E-state index in [1.807, 2.05) is 23.9 Å². The molecule has 20 heavy (non-hydrogen) atoms. The van der Waals surface area contributed by atoms with Crippen LogP contribution in [-0.4, -0.2) is 37.0 Å². The van der Waals surface area contributed by atoms with Gasteiger partial charge in [-0.25, -0.2) is 0 Å². The number of amides is 1. The fourth-order valence-corrected chi connectivity index (χ4v) is 3.09. The van der Waals surface area contributed by atoms with Crippen molar-refractivity contribution in [3.8, 4) is 0 Å². The molecular formula is C16H24N2OS. The lowest BCUT2D eigenvalue weighted by Gasteiger charge is -2.23. The van der Waals surface area contributed by atoms with E-state index in [0.29, 0.717) is 5.92 Å². The summed E-state index contributed by atoms with van der Waals surface area (Å²) in [6, 6.07) is 8.10. The molecule has 0 aromatic heterocycles. The summed E-state index contributed by atoms with van der Waals surface area (Å²) >= 11 is 1.85. The number of carbonyl (C=O) groups excluding carboxylic acids is 1. The highest BCUT2D eigenvalue weighted by atomic mass is 32.2. The van der Waals surface area contributed by atoms with E-state index in [4.69, 9.17) is 0 Å². The lowest BCUT2D eigenvalue weighted by molar-refractivity contribution is 0.0956. The first-order valence-corrected chi connectivity index (χ1v) is 8.63. The van der Waals surface area contributed by atoms with Gasteiger partial charge in [-0.2, -0.15) is 11.8 Å². The van der Waals surface area contributed by atoms with Crippen LogP contribution in [0.15, 0.2) is 24.3 Å². The maximum absolute atomic E-state index is 12.1. The monoisotopic (exact) mass is 292 g/mol. The number of hydrogen-bond acceptors (Lipinski definition) is 3. The average Bonchev–Trinajstić information content (AvgIpc) is 2.52. The van der Waals surface area contributed by atoms with Gasteiger partial charge in [0.15, 0.2) is 0 Å². The van der Waals surface area contributed by atoms with Crippen LogP contribution in [-0.2, 0) is 0 Å². The van der Waals surface area contributed by atoms with Crippen LogP contribution in [0.5, 0.6) is 0 Å². The molecule has 1 aromatic carbocycles. The molecule has 4 heteroatoms. The van der Waals surface area contributed by atoms with Crippen LogP contribution in [0.2, 0.25) is 0 Å². The zero-order chi connectivity index (χ0) is 14.2. The normalized spacial score (nSPS) is 18.8. The van der Waals surface area contributed by atoms with Crippen molar-refractivity contribution in [1.82, 2.24) is 10.6 Å². The summed E-state index contributed by atoms with van der Waals surface area (Å²) in [4.78, 5) is 12.1. The number of hydrogen-bond donors (Lipinski definition) is 2. The molecule has 1 aromatic rings. The molecule has 2 rings (SSSR count). The summed E-state index contributed by atoms with van der Waals surface area (Å²) in [6.45, 7) is 5.02. The molecule has 110 valence electrons. The molecule has 1 aliphatic heterocycles. The topological polar surface area (TPSA) is 41.1 Å². The van der Waals surface area contributed by atoms with E-state index in [1.165, 1.54) is 18.4 Å². The molecule has 1 heterocycles. The third-order valence-electron chi connectivity index (χ3n) is 3.65. The number of thioether (sulfide) groups is 1. The Balaban J connectivity index is 1.92. The Labute approximate surface area is 125 Å². The molecule has 0 spiro atoms. The number of rotatable bonds is 6. The van der Waals surface area contributed by atoms with Gasteiger partial charge in [-0.3, -0.25) is 4.79 Å². The largest absolute Gasteiger partial charge is 0.351 e. The highest BCUT2D eigenvalue weighted by molar-refractivity contribution is 7.99. The molecule has 0 bridgehead atoms. The Morgan fingerprint density at radius 2 is 2.40 bits per heavy atom. The molecule has 3 nitrogen and oxygen atoms in total. The summed E-state index contributed by atoms with van der Waals surface area (Å²) < 4.78 is 0. The predicted molar refractivity (Wildman–Crippen MR) is 86.6 cm³/mol. The molecule has 0 saturated carbocycles. The fourth-order valence-electron chi connectivity index (χ4n) is 2.55. The first kappa shape index (κ1) is 15.4. The Morgan fingerprint density at radius 3 is 3.15 bits per heavy atom. The van der Waals surface area contributed by atoms with E-state index in [2.05, 4.69) is 29.7 Å². The third-order valence-corrected chi connectivity index (χ3v) is 4.55. The van der Waals surface area contributed by atoms with Crippen LogP contribution in [0.4, 0.5) is 0 Å². The van der Waals surface area contributed by atoms with Gasteiger partial charge in [-0.15, -0.1) is 0 Å². The van der Waals surface area contributed by atoms with E-state index >= 15 is 0 Å². The Bertz CT molecular complexity index is 430. The number of benzene rings is 1. The van der Waals surface area contributed by atoms with Crippen molar-refractivity contribution in [3.63, 3.8) is 0 Å². The van der Waals surface area contributed by atoms with Crippen molar-refractivity contribution in [1.29, 1.82) is 0 Å². The van der Waals surface area contributed by atoms with Gasteiger partial charge in [0.1, 0.15) is 0 Å². The van der Waals surface area contributed by atoms with Crippen molar-refractivity contribution in [3.05, 3.63) is 35.4 Å². The number of carbonyl (C=O) groups is 1. The van der Waals surface area contributed by atoms with E-state index in [-0.39, 0.29) is 5.91 Å². The maximum atomic E-state index is 12.1. The van der Waals surface area contributed by atoms with Gasteiger partial charge in [0, 0.05) is 24.4 Å². The van der Waals surface area contributed by atoms with Gasteiger partial charge in [-0.1, -0.05) is 19.1 Å². The Kier molecular flexibility index (Phi) is 6.40. The van der Waals surface area contributed by atoms with Gasteiger partial charge < -0.3 is 10.6 Å². The van der Waals surface area contributed by atoms with Gasteiger partial charge in [0.25, 0.3) is 5.91 Å². The van der Waals surface area contributed by atoms with Crippen LogP contribution in [0.1, 0.15) is 41.6 Å². The van der Waals surface area contributed by atoms with Crippen molar-refractivity contribution in [2.45, 2.75) is 25.7 Å². The highest BCUT2D eigenvalue weighted by Gasteiger charge is 2.16. The highest BCUT2D eigenvalue weighted by Crippen LogP contribution is 2.23. The second-order valence-corrected chi connectivity index (χ2v) is 6.52. The fraction of sp³-hybridized carbons (Fsp3) is 0.562. The van der Waals surface area contributed by atoms with Crippen LogP contribution in [0.3, 0.4) is 0 Å². The molecule has 1 amide bonds. The Morgan fingerprint density at radius 1 is 1.50 bits per heavy atom. The SMILES string of the molecule is CCSCCNC(=O)c1cccc([C@H]2CCCNC2)c1. The minimum absolute atomic E-state index is 0.0484. The molecule has 0 unspecified atom stereocenters. The van der Waals surface area contributed by atoms with E-state index in [0.717, 1.165) is 36.7 Å². The van der Waals surface area contributed by atoms with Gasteiger partial charge in [0.2, 0.25) is 0 Å². The van der Waals surface area contributed by atoms with Crippen molar-refractivity contribution < 1.29 is 4.79 Å². The minimum Gasteiger partial charge on any atom is -0.351 e. The van der Waals surface area contributed by atoms with E-state index in [1.54, 1.807) is 0 Å². The lowest BCUT2D eigenvalue weighted by Crippen LogP contribution is -2.29. The molecule has 0 aliphatic carbocycles. The first-order chi connectivity index (χ1) is 9.81. The van der Waals surface area contributed by atoms with Gasteiger partial charge in [0.05, 0.1) is 0 Å². The van der Waals surface area contributed by atoms with Gasteiger partial charge in [-0.05, 0) is 48.8 Å². The molecule has 1 aliphatic rings. The maximum Gasteiger partial charge on any atom is 0.251 e. The van der Waals surface area contributed by atoms with Crippen molar-refractivity contribution in [2.24, 2.45) is 0 Å². The van der Waals surface area contributed by atoms with Crippen LogP contribution < -0.4 is 10.6 Å². The molecule has 1 fully saturated rings. The van der Waals surface area contributed by atoms with E-state index in [9.17, 15) is 4.79 Å². The predicted octanol–water partition coefficient (Wildman–Crippen LogP) is 2.64. The minimum atomic E-state index is 0.0484. The summed E-state index contributed by atoms with van der Waals surface area (Å²) in [6.07, 6.45) is 2.43. The summed E-state index contributed by atoms with van der Waals surface area (Å²) in [5.74, 6) is 2.67. The number of nitrogens with one attached hydrogen (secondary N) is 2. The Hall–Kier alpha value is -1.00. The summed E-state index contributed by atoms with van der Waals surface area (Å²) in [5.41, 5.74) is 2.07. The number of piperidine rings is 1. The van der Waals surface area contributed by atoms with Crippen molar-refractivity contribution in [2.75, 3.05) is 31.1 Å². The molecular weight excluding hydrogens is 268 g/mol. The average molecular weight is 292 g/mol. The lowest BCUT2D eigenvalue weighted by atomic mass is 9.90. The summed E-state index contributed by atoms with van der Waals surface area (Å²) in [5, 5.41) is 6.42.